The fourth-order valence-electron chi connectivity index (χ4n) is 2.69. The van der Waals surface area contributed by atoms with Gasteiger partial charge in [-0.1, -0.05) is 19.9 Å². The van der Waals surface area contributed by atoms with Gasteiger partial charge in [0.2, 0.25) is 0 Å². The molecular formula is C22H35N5O2S. The van der Waals surface area contributed by atoms with E-state index in [0.717, 1.165) is 46.7 Å². The normalized spacial score (nSPS) is 12.4. The maximum atomic E-state index is 5.92. The molecule has 1 aromatic carbocycles. The van der Waals surface area contributed by atoms with Gasteiger partial charge in [-0.3, -0.25) is 4.99 Å². The molecule has 0 aliphatic rings. The van der Waals surface area contributed by atoms with Crippen LogP contribution in [-0.4, -0.2) is 45.3 Å². The molecule has 8 heteroatoms. The molecule has 1 aromatic heterocycles. The summed E-state index contributed by atoms with van der Waals surface area (Å²) in [6.45, 7) is 8.26. The van der Waals surface area contributed by atoms with E-state index in [9.17, 15) is 0 Å². The summed E-state index contributed by atoms with van der Waals surface area (Å²) in [5.74, 6) is 2.31. The van der Waals surface area contributed by atoms with Crippen LogP contribution in [0.2, 0.25) is 0 Å². The number of nitrogens with one attached hydrogen (secondary N) is 2. The molecule has 0 aliphatic carbocycles. The summed E-state index contributed by atoms with van der Waals surface area (Å²) in [5, 5.41) is 9.83. The SMILES string of the molecule is CCCOc1ccc(C(C)NC(=NC)NCc2csc(N(C)C)n2)cc1OCCC. The fraction of sp³-hybridized carbons (Fsp3) is 0.545. The van der Waals surface area contributed by atoms with Gasteiger partial charge in [0, 0.05) is 26.5 Å². The summed E-state index contributed by atoms with van der Waals surface area (Å²) in [6.07, 6.45) is 1.91. The molecule has 0 spiro atoms. The zero-order valence-corrected chi connectivity index (χ0v) is 19.8. The summed E-state index contributed by atoms with van der Waals surface area (Å²) in [4.78, 5) is 10.9. The Morgan fingerprint density at radius 2 is 1.87 bits per heavy atom. The van der Waals surface area contributed by atoms with E-state index in [1.807, 2.05) is 25.1 Å². The first-order valence-corrected chi connectivity index (χ1v) is 11.3. The predicted octanol–water partition coefficient (Wildman–Crippen LogP) is 4.21. The minimum absolute atomic E-state index is 0.0492. The lowest BCUT2D eigenvalue weighted by Crippen LogP contribution is -2.38. The Kier molecular flexibility index (Phi) is 9.73. The molecule has 2 N–H and O–H groups in total. The van der Waals surface area contributed by atoms with Crippen LogP contribution in [0, 0.1) is 0 Å². The molecule has 0 amide bonds. The van der Waals surface area contributed by atoms with Crippen molar-refractivity contribution < 1.29 is 9.47 Å². The number of ether oxygens (including phenoxy) is 2. The molecular weight excluding hydrogens is 398 g/mol. The van der Waals surface area contributed by atoms with Crippen molar-refractivity contribution in [3.8, 4) is 11.5 Å². The van der Waals surface area contributed by atoms with E-state index in [1.54, 1.807) is 18.4 Å². The van der Waals surface area contributed by atoms with Gasteiger partial charge >= 0.3 is 0 Å². The first-order valence-electron chi connectivity index (χ1n) is 10.5. The molecule has 0 saturated heterocycles. The number of rotatable bonds is 11. The Balaban J connectivity index is 2.01. The van der Waals surface area contributed by atoms with E-state index < -0.39 is 0 Å². The smallest absolute Gasteiger partial charge is 0.191 e. The Morgan fingerprint density at radius 1 is 1.17 bits per heavy atom. The summed E-state index contributed by atoms with van der Waals surface area (Å²) in [7, 11) is 5.76. The Bertz CT molecular complexity index is 807. The van der Waals surface area contributed by atoms with Gasteiger partial charge in [0.1, 0.15) is 0 Å². The molecule has 0 radical (unpaired) electrons. The van der Waals surface area contributed by atoms with Crippen LogP contribution in [0.4, 0.5) is 5.13 Å². The van der Waals surface area contributed by atoms with Crippen LogP contribution >= 0.6 is 11.3 Å². The van der Waals surface area contributed by atoms with Crippen molar-refractivity contribution in [2.24, 2.45) is 4.99 Å². The minimum atomic E-state index is 0.0492. The third-order valence-corrected chi connectivity index (χ3v) is 5.38. The van der Waals surface area contributed by atoms with E-state index in [2.05, 4.69) is 58.9 Å². The van der Waals surface area contributed by atoms with Crippen molar-refractivity contribution >= 4 is 22.4 Å². The number of aliphatic imine (C=N–C) groups is 1. The second kappa shape index (κ2) is 12.3. The Hall–Kier alpha value is -2.48. The molecule has 0 aliphatic heterocycles. The third-order valence-electron chi connectivity index (χ3n) is 4.33. The average molecular weight is 434 g/mol. The number of hydrogen-bond donors (Lipinski definition) is 2. The van der Waals surface area contributed by atoms with Crippen molar-refractivity contribution in [3.05, 3.63) is 34.8 Å². The zero-order valence-electron chi connectivity index (χ0n) is 19.0. The molecule has 1 heterocycles. The molecule has 2 aromatic rings. The molecule has 2 rings (SSSR count). The largest absolute Gasteiger partial charge is 0.490 e. The van der Waals surface area contributed by atoms with Crippen LogP contribution in [0.1, 0.15) is 50.9 Å². The van der Waals surface area contributed by atoms with Crippen molar-refractivity contribution in [2.75, 3.05) is 39.3 Å². The fourth-order valence-corrected chi connectivity index (χ4v) is 3.45. The highest BCUT2D eigenvalue weighted by atomic mass is 32.1. The maximum absolute atomic E-state index is 5.92. The highest BCUT2D eigenvalue weighted by molar-refractivity contribution is 7.13. The maximum Gasteiger partial charge on any atom is 0.191 e. The second-order valence-electron chi connectivity index (χ2n) is 7.21. The van der Waals surface area contributed by atoms with Gasteiger partial charge in [0.05, 0.1) is 31.5 Å². The molecule has 0 bridgehead atoms. The van der Waals surface area contributed by atoms with Crippen LogP contribution < -0.4 is 25.0 Å². The van der Waals surface area contributed by atoms with Gasteiger partial charge in [-0.15, -0.1) is 11.3 Å². The summed E-state index contributed by atoms with van der Waals surface area (Å²) in [6, 6.07) is 6.16. The quantitative estimate of drug-likeness (QED) is 0.409. The highest BCUT2D eigenvalue weighted by Gasteiger charge is 2.13. The van der Waals surface area contributed by atoms with E-state index in [1.165, 1.54) is 0 Å². The van der Waals surface area contributed by atoms with Gasteiger partial charge in [0.15, 0.2) is 22.6 Å². The van der Waals surface area contributed by atoms with Gasteiger partial charge < -0.3 is 25.0 Å². The predicted molar refractivity (Wildman–Crippen MR) is 126 cm³/mol. The van der Waals surface area contributed by atoms with E-state index >= 15 is 0 Å². The number of nitrogens with zero attached hydrogens (tertiary/aromatic N) is 3. The van der Waals surface area contributed by atoms with Crippen LogP contribution in [0.3, 0.4) is 0 Å². The Morgan fingerprint density at radius 3 is 2.47 bits per heavy atom. The van der Waals surface area contributed by atoms with E-state index in [0.29, 0.717) is 19.8 Å². The standard InChI is InChI=1S/C22H35N5O2S/c1-7-11-28-19-10-9-17(13-20(19)29-12-8-2)16(3)25-21(23-4)24-14-18-15-30-22(26-18)27(5)6/h9-10,13,15-16H,7-8,11-12,14H2,1-6H3,(H2,23,24,25). The van der Waals surface area contributed by atoms with E-state index in [4.69, 9.17) is 9.47 Å². The number of guanidine groups is 1. The van der Waals surface area contributed by atoms with Crippen molar-refractivity contribution in [2.45, 2.75) is 46.2 Å². The molecule has 1 unspecified atom stereocenters. The number of hydrogen-bond acceptors (Lipinski definition) is 6. The first-order chi connectivity index (χ1) is 14.5. The summed E-state index contributed by atoms with van der Waals surface area (Å²) in [5.41, 5.74) is 2.10. The minimum Gasteiger partial charge on any atom is -0.490 e. The van der Waals surface area contributed by atoms with Crippen LogP contribution in [-0.2, 0) is 6.54 Å². The summed E-state index contributed by atoms with van der Waals surface area (Å²) < 4.78 is 11.8. The zero-order chi connectivity index (χ0) is 21.9. The number of benzene rings is 1. The third kappa shape index (κ3) is 7.09. The van der Waals surface area contributed by atoms with Gasteiger partial charge in [-0.2, -0.15) is 0 Å². The van der Waals surface area contributed by atoms with Crippen molar-refractivity contribution in [3.63, 3.8) is 0 Å². The van der Waals surface area contributed by atoms with Crippen LogP contribution in [0.25, 0.3) is 0 Å². The summed E-state index contributed by atoms with van der Waals surface area (Å²) >= 11 is 1.63. The van der Waals surface area contributed by atoms with E-state index in [-0.39, 0.29) is 6.04 Å². The molecule has 1 atom stereocenters. The van der Waals surface area contributed by atoms with Gasteiger partial charge in [0.25, 0.3) is 0 Å². The van der Waals surface area contributed by atoms with Crippen molar-refractivity contribution in [1.82, 2.24) is 15.6 Å². The monoisotopic (exact) mass is 433 g/mol. The number of thiazole rings is 1. The first kappa shape index (κ1) is 23.8. The Labute approximate surface area is 184 Å². The van der Waals surface area contributed by atoms with Crippen LogP contribution in [0.15, 0.2) is 28.6 Å². The molecule has 0 saturated carbocycles. The number of anilines is 1. The lowest BCUT2D eigenvalue weighted by atomic mass is 10.1. The molecule has 166 valence electrons. The van der Waals surface area contributed by atoms with Gasteiger partial charge in [-0.05, 0) is 37.5 Å². The van der Waals surface area contributed by atoms with Gasteiger partial charge in [-0.25, -0.2) is 4.98 Å². The second-order valence-corrected chi connectivity index (χ2v) is 8.05. The molecule has 7 nitrogen and oxygen atoms in total. The average Bonchev–Trinajstić information content (AvgIpc) is 3.23. The van der Waals surface area contributed by atoms with Crippen LogP contribution in [0.5, 0.6) is 11.5 Å². The lowest BCUT2D eigenvalue weighted by molar-refractivity contribution is 0.268. The number of aromatic nitrogens is 1. The molecule has 0 fully saturated rings. The highest BCUT2D eigenvalue weighted by Crippen LogP contribution is 2.31. The molecule has 30 heavy (non-hydrogen) atoms. The van der Waals surface area contributed by atoms with Crippen molar-refractivity contribution in [1.29, 1.82) is 0 Å². The lowest BCUT2D eigenvalue weighted by Gasteiger charge is -2.20. The topological polar surface area (TPSA) is 71.0 Å².